The first kappa shape index (κ1) is 20.7. The van der Waals surface area contributed by atoms with E-state index >= 15 is 0 Å². The largest absolute Gasteiger partial charge is 0.369 e. The molecule has 0 spiro atoms. The third-order valence-corrected chi connectivity index (χ3v) is 7.39. The average Bonchev–Trinajstić information content (AvgIpc) is 3.50. The van der Waals surface area contributed by atoms with Crippen LogP contribution in [0, 0.1) is 11.3 Å². The van der Waals surface area contributed by atoms with Crippen LogP contribution < -0.4 is 10.2 Å². The highest BCUT2D eigenvalue weighted by Gasteiger charge is 2.16. The molecule has 1 fully saturated rings. The van der Waals surface area contributed by atoms with Gasteiger partial charge in [-0.2, -0.15) is 10.2 Å². The predicted octanol–water partition coefficient (Wildman–Crippen LogP) is 5.21. The molecule has 7 nitrogen and oxygen atoms in total. The first-order valence-electron chi connectivity index (χ1n) is 11.3. The summed E-state index contributed by atoms with van der Waals surface area (Å²) in [7, 11) is 2.17. The van der Waals surface area contributed by atoms with Crippen molar-refractivity contribution < 1.29 is 0 Å². The van der Waals surface area contributed by atoms with Gasteiger partial charge in [-0.25, -0.2) is 4.98 Å². The normalized spacial score (nSPS) is 14.5. The number of fused-ring (bicyclic) bond motifs is 2. The lowest BCUT2D eigenvalue weighted by molar-refractivity contribution is 0.313. The lowest BCUT2D eigenvalue weighted by Crippen LogP contribution is -2.44. The molecule has 1 aliphatic heterocycles. The molecule has 3 aromatic heterocycles. The molecule has 0 saturated carbocycles. The fraction of sp³-hybridized carbons (Fsp3) is 0.192. The lowest BCUT2D eigenvalue weighted by Gasteiger charge is -2.34. The van der Waals surface area contributed by atoms with Crippen molar-refractivity contribution in [1.29, 1.82) is 5.26 Å². The minimum atomic E-state index is 0.552. The number of nitriles is 1. The van der Waals surface area contributed by atoms with E-state index in [-0.39, 0.29) is 0 Å². The highest BCUT2D eigenvalue weighted by Crippen LogP contribution is 2.37. The SMILES string of the molecule is CN1CCN(c2cccc(Nc3nc(-c4cc5cc(C#N)ccc5s4)c4cc[nH]c4n3)c2)CC1. The van der Waals surface area contributed by atoms with Gasteiger partial charge < -0.3 is 20.1 Å². The number of rotatable bonds is 4. The molecule has 0 radical (unpaired) electrons. The van der Waals surface area contributed by atoms with Crippen molar-refractivity contribution in [1.82, 2.24) is 19.9 Å². The van der Waals surface area contributed by atoms with E-state index in [0.717, 1.165) is 63.6 Å². The molecule has 1 aliphatic rings. The van der Waals surface area contributed by atoms with Crippen LogP contribution in [-0.2, 0) is 0 Å². The van der Waals surface area contributed by atoms with E-state index in [9.17, 15) is 5.26 Å². The van der Waals surface area contributed by atoms with Gasteiger partial charge in [0.15, 0.2) is 0 Å². The Morgan fingerprint density at radius 3 is 2.76 bits per heavy atom. The van der Waals surface area contributed by atoms with E-state index in [0.29, 0.717) is 11.5 Å². The molecule has 2 N–H and O–H groups in total. The Morgan fingerprint density at radius 2 is 1.91 bits per heavy atom. The van der Waals surface area contributed by atoms with Gasteiger partial charge in [0.1, 0.15) is 5.65 Å². The summed E-state index contributed by atoms with van der Waals surface area (Å²) in [6.07, 6.45) is 1.89. The molecule has 34 heavy (non-hydrogen) atoms. The number of nitrogens with zero attached hydrogens (tertiary/aromatic N) is 5. The van der Waals surface area contributed by atoms with Crippen LogP contribution in [0.5, 0.6) is 0 Å². The van der Waals surface area contributed by atoms with E-state index in [1.165, 1.54) is 5.69 Å². The highest BCUT2D eigenvalue weighted by molar-refractivity contribution is 7.22. The number of H-pyrrole nitrogens is 1. The van der Waals surface area contributed by atoms with Gasteiger partial charge in [-0.3, -0.25) is 0 Å². The van der Waals surface area contributed by atoms with Gasteiger partial charge in [0, 0.05) is 53.8 Å². The van der Waals surface area contributed by atoms with Gasteiger partial charge in [-0.15, -0.1) is 11.3 Å². The Balaban J connectivity index is 1.35. The first-order chi connectivity index (χ1) is 16.7. The van der Waals surface area contributed by atoms with E-state index in [2.05, 4.69) is 57.5 Å². The number of benzene rings is 2. The van der Waals surface area contributed by atoms with Crippen molar-refractivity contribution in [3.8, 4) is 16.6 Å². The topological polar surface area (TPSA) is 83.9 Å². The van der Waals surface area contributed by atoms with Crippen molar-refractivity contribution in [2.45, 2.75) is 0 Å². The highest BCUT2D eigenvalue weighted by atomic mass is 32.1. The van der Waals surface area contributed by atoms with E-state index in [4.69, 9.17) is 9.97 Å². The Labute approximate surface area is 201 Å². The van der Waals surface area contributed by atoms with Crippen molar-refractivity contribution in [3.63, 3.8) is 0 Å². The zero-order valence-electron chi connectivity index (χ0n) is 18.7. The van der Waals surface area contributed by atoms with Crippen molar-refractivity contribution in [2.75, 3.05) is 43.4 Å². The number of aromatic amines is 1. The van der Waals surface area contributed by atoms with Crippen molar-refractivity contribution in [3.05, 3.63) is 66.4 Å². The summed E-state index contributed by atoms with van der Waals surface area (Å²) >= 11 is 1.67. The fourth-order valence-corrected chi connectivity index (χ4v) is 5.44. The van der Waals surface area contributed by atoms with Crippen molar-refractivity contribution >= 4 is 49.8 Å². The molecule has 168 valence electrons. The van der Waals surface area contributed by atoms with Crippen LogP contribution in [-0.4, -0.2) is 53.1 Å². The Morgan fingerprint density at radius 1 is 1.03 bits per heavy atom. The molecule has 1 saturated heterocycles. The number of likely N-dealkylation sites (N-methyl/N-ethyl adjacent to an activating group) is 1. The molecule has 0 unspecified atom stereocenters. The van der Waals surface area contributed by atoms with Gasteiger partial charge in [-0.05, 0) is 61.0 Å². The molecule has 0 amide bonds. The first-order valence-corrected chi connectivity index (χ1v) is 12.1. The predicted molar refractivity (Wildman–Crippen MR) is 139 cm³/mol. The van der Waals surface area contributed by atoms with Gasteiger partial charge in [0.25, 0.3) is 0 Å². The van der Waals surface area contributed by atoms with Crippen LogP contribution >= 0.6 is 11.3 Å². The third kappa shape index (κ3) is 3.85. The minimum Gasteiger partial charge on any atom is -0.369 e. The second kappa shape index (κ2) is 8.45. The summed E-state index contributed by atoms with van der Waals surface area (Å²) in [6.45, 7) is 4.18. The summed E-state index contributed by atoms with van der Waals surface area (Å²) in [4.78, 5) is 18.7. The van der Waals surface area contributed by atoms with Gasteiger partial charge in [-0.1, -0.05) is 6.07 Å². The van der Waals surface area contributed by atoms with Crippen LogP contribution in [0.15, 0.2) is 60.8 Å². The van der Waals surface area contributed by atoms with Gasteiger partial charge in [0.05, 0.1) is 22.2 Å². The number of aromatic nitrogens is 3. The van der Waals surface area contributed by atoms with Gasteiger partial charge >= 0.3 is 0 Å². The van der Waals surface area contributed by atoms with Crippen molar-refractivity contribution in [2.24, 2.45) is 0 Å². The third-order valence-electron chi connectivity index (χ3n) is 6.27. The van der Waals surface area contributed by atoms with Crippen LogP contribution in [0.25, 0.3) is 31.7 Å². The second-order valence-corrected chi connectivity index (χ2v) is 9.66. The Hall–Kier alpha value is -3.93. The standard InChI is InChI=1S/C26H23N7S/c1-32-9-11-33(12-10-32)20-4-2-3-19(15-20)29-26-30-24(21-7-8-28-25(21)31-26)23-14-18-13-17(16-27)5-6-22(18)34-23/h2-8,13-15H,9-12H2,1H3,(H2,28,29,30,31). The zero-order chi connectivity index (χ0) is 23.1. The Bertz CT molecular complexity index is 1540. The molecule has 0 bridgehead atoms. The number of piperazine rings is 1. The molecule has 8 heteroatoms. The monoisotopic (exact) mass is 465 g/mol. The number of anilines is 3. The van der Waals surface area contributed by atoms with Crippen LogP contribution in [0.1, 0.15) is 5.56 Å². The maximum absolute atomic E-state index is 9.24. The summed E-state index contributed by atoms with van der Waals surface area (Å²) in [5.41, 5.74) is 4.50. The number of thiophene rings is 1. The van der Waals surface area contributed by atoms with E-state index in [1.54, 1.807) is 11.3 Å². The average molecular weight is 466 g/mol. The van der Waals surface area contributed by atoms with Crippen LogP contribution in [0.4, 0.5) is 17.3 Å². The summed E-state index contributed by atoms with van der Waals surface area (Å²) in [5.74, 6) is 0.552. The second-order valence-electron chi connectivity index (χ2n) is 8.58. The molecule has 4 heterocycles. The Kier molecular flexibility index (Phi) is 5.13. The summed E-state index contributed by atoms with van der Waals surface area (Å²) in [5, 5.41) is 14.7. The number of hydrogen-bond acceptors (Lipinski definition) is 7. The summed E-state index contributed by atoms with van der Waals surface area (Å²) < 4.78 is 1.13. The fourth-order valence-electron chi connectivity index (χ4n) is 4.39. The number of hydrogen-bond donors (Lipinski definition) is 2. The smallest absolute Gasteiger partial charge is 0.229 e. The molecular formula is C26H23N7S. The lowest BCUT2D eigenvalue weighted by atomic mass is 10.1. The van der Waals surface area contributed by atoms with Gasteiger partial charge in [0.2, 0.25) is 5.95 Å². The van der Waals surface area contributed by atoms with Crippen LogP contribution in [0.2, 0.25) is 0 Å². The molecule has 6 rings (SSSR count). The molecule has 5 aromatic rings. The number of nitrogens with one attached hydrogen (secondary N) is 2. The van der Waals surface area contributed by atoms with E-state index in [1.807, 2.05) is 36.5 Å². The molecule has 2 aromatic carbocycles. The van der Waals surface area contributed by atoms with E-state index < -0.39 is 0 Å². The molecule has 0 aliphatic carbocycles. The minimum absolute atomic E-state index is 0.552. The molecule has 0 atom stereocenters. The van der Waals surface area contributed by atoms with Crippen LogP contribution in [0.3, 0.4) is 0 Å². The maximum atomic E-state index is 9.24. The zero-order valence-corrected chi connectivity index (χ0v) is 19.6. The quantitative estimate of drug-likeness (QED) is 0.379. The summed E-state index contributed by atoms with van der Waals surface area (Å²) in [6, 6.07) is 20.5. The maximum Gasteiger partial charge on any atom is 0.229 e. The molecular weight excluding hydrogens is 442 g/mol.